The number of benzene rings is 1. The van der Waals surface area contributed by atoms with Crippen molar-refractivity contribution < 1.29 is 9.53 Å². The summed E-state index contributed by atoms with van der Waals surface area (Å²) < 4.78 is 4.89. The van der Waals surface area contributed by atoms with E-state index >= 15 is 0 Å². The second-order valence-corrected chi connectivity index (χ2v) is 6.86. The lowest BCUT2D eigenvalue weighted by atomic mass is 10.1. The Hall–Kier alpha value is -2.83. The zero-order valence-electron chi connectivity index (χ0n) is 15.9. The summed E-state index contributed by atoms with van der Waals surface area (Å²) in [6.45, 7) is 0. The van der Waals surface area contributed by atoms with Gasteiger partial charge in [-0.3, -0.25) is 0 Å². The molecule has 0 bridgehead atoms. The zero-order valence-corrected chi connectivity index (χ0v) is 15.9. The van der Waals surface area contributed by atoms with Crippen LogP contribution in [0.5, 0.6) is 0 Å². The lowest BCUT2D eigenvalue weighted by Crippen LogP contribution is -2.22. The molecule has 27 heavy (non-hydrogen) atoms. The SMILES string of the molecule is COC(=O)c1ccccc1N(C)c1ncnc(NC2CCCCCC2)c1N. The second kappa shape index (κ2) is 8.70. The van der Waals surface area contributed by atoms with E-state index in [4.69, 9.17) is 10.5 Å². The minimum absolute atomic E-state index is 0.380. The minimum Gasteiger partial charge on any atom is -0.465 e. The predicted octanol–water partition coefficient (Wildman–Crippen LogP) is 3.75. The smallest absolute Gasteiger partial charge is 0.339 e. The topological polar surface area (TPSA) is 93.4 Å². The molecule has 1 aromatic carbocycles. The molecule has 1 heterocycles. The van der Waals surface area contributed by atoms with Gasteiger partial charge in [0.2, 0.25) is 0 Å². The van der Waals surface area contributed by atoms with E-state index in [0.717, 1.165) is 12.8 Å². The van der Waals surface area contributed by atoms with E-state index in [1.807, 2.05) is 19.2 Å². The maximum Gasteiger partial charge on any atom is 0.339 e. The summed E-state index contributed by atoms with van der Waals surface area (Å²) in [7, 11) is 3.20. The molecule has 3 rings (SSSR count). The Morgan fingerprint density at radius 1 is 1.19 bits per heavy atom. The molecule has 144 valence electrons. The number of nitrogens with one attached hydrogen (secondary N) is 1. The van der Waals surface area contributed by atoms with Crippen molar-refractivity contribution in [3.05, 3.63) is 36.2 Å². The monoisotopic (exact) mass is 369 g/mol. The number of nitrogens with two attached hydrogens (primary N) is 1. The molecule has 0 radical (unpaired) electrons. The average molecular weight is 369 g/mol. The van der Waals surface area contributed by atoms with Crippen LogP contribution in [0.15, 0.2) is 30.6 Å². The van der Waals surface area contributed by atoms with Gasteiger partial charge in [0.1, 0.15) is 12.0 Å². The third-order valence-electron chi connectivity index (χ3n) is 5.05. The highest BCUT2D eigenvalue weighted by Gasteiger charge is 2.21. The van der Waals surface area contributed by atoms with E-state index < -0.39 is 5.97 Å². The Morgan fingerprint density at radius 3 is 2.59 bits per heavy atom. The van der Waals surface area contributed by atoms with E-state index in [-0.39, 0.29) is 0 Å². The fourth-order valence-corrected chi connectivity index (χ4v) is 3.55. The summed E-state index contributed by atoms with van der Waals surface area (Å²) in [5.41, 5.74) is 8.00. The highest BCUT2D eigenvalue weighted by Crippen LogP contribution is 2.33. The quantitative estimate of drug-likeness (QED) is 0.612. The van der Waals surface area contributed by atoms with Crippen LogP contribution in [0.4, 0.5) is 23.0 Å². The van der Waals surface area contributed by atoms with Crippen molar-refractivity contribution in [2.45, 2.75) is 44.6 Å². The summed E-state index contributed by atoms with van der Waals surface area (Å²) in [5.74, 6) is 0.800. The Kier molecular flexibility index (Phi) is 6.11. The fraction of sp³-hybridized carbons (Fsp3) is 0.450. The van der Waals surface area contributed by atoms with E-state index in [0.29, 0.717) is 34.6 Å². The van der Waals surface area contributed by atoms with Gasteiger partial charge in [-0.1, -0.05) is 37.8 Å². The van der Waals surface area contributed by atoms with Crippen molar-refractivity contribution >= 4 is 29.0 Å². The van der Waals surface area contributed by atoms with Gasteiger partial charge in [-0.05, 0) is 25.0 Å². The van der Waals surface area contributed by atoms with Crippen LogP contribution in [0, 0.1) is 0 Å². The zero-order chi connectivity index (χ0) is 19.2. The van der Waals surface area contributed by atoms with Crippen molar-refractivity contribution in [3.8, 4) is 0 Å². The number of nitrogen functional groups attached to an aromatic ring is 1. The molecule has 7 heteroatoms. The number of carbonyl (C=O) groups excluding carboxylic acids is 1. The normalized spacial score (nSPS) is 15.0. The maximum atomic E-state index is 12.1. The van der Waals surface area contributed by atoms with Gasteiger partial charge in [0, 0.05) is 13.1 Å². The molecule has 0 amide bonds. The number of esters is 1. The standard InChI is InChI=1S/C20H27N5O2/c1-25(16-12-8-7-11-15(16)20(26)27-2)19-17(21)18(22-13-23-19)24-14-9-5-3-4-6-10-14/h7-8,11-14H,3-6,9-10,21H2,1-2H3,(H,22,23,24). The van der Waals surface area contributed by atoms with E-state index in [2.05, 4.69) is 15.3 Å². The van der Waals surface area contributed by atoms with E-state index in [1.54, 1.807) is 17.0 Å². The van der Waals surface area contributed by atoms with Gasteiger partial charge in [-0.15, -0.1) is 0 Å². The maximum absolute atomic E-state index is 12.1. The number of para-hydroxylation sites is 1. The van der Waals surface area contributed by atoms with Crippen molar-refractivity contribution in [2.75, 3.05) is 30.1 Å². The number of methoxy groups -OCH3 is 1. The first-order valence-corrected chi connectivity index (χ1v) is 9.40. The van der Waals surface area contributed by atoms with Crippen LogP contribution in [0.25, 0.3) is 0 Å². The molecular weight excluding hydrogens is 342 g/mol. The molecule has 0 unspecified atom stereocenters. The molecule has 2 aromatic rings. The summed E-state index contributed by atoms with van der Waals surface area (Å²) in [6, 6.07) is 7.60. The largest absolute Gasteiger partial charge is 0.465 e. The average Bonchev–Trinajstić information content (AvgIpc) is 2.97. The molecule has 1 saturated carbocycles. The third-order valence-corrected chi connectivity index (χ3v) is 5.05. The van der Waals surface area contributed by atoms with Crippen LogP contribution >= 0.6 is 0 Å². The summed E-state index contributed by atoms with van der Waals surface area (Å²) in [5, 5.41) is 3.49. The first kappa shape index (κ1) is 18.9. The van der Waals surface area contributed by atoms with Crippen molar-refractivity contribution in [1.82, 2.24) is 9.97 Å². The Labute approximate surface area is 159 Å². The number of anilines is 4. The van der Waals surface area contributed by atoms with Gasteiger partial charge >= 0.3 is 5.97 Å². The van der Waals surface area contributed by atoms with Crippen LogP contribution < -0.4 is 16.0 Å². The van der Waals surface area contributed by atoms with Gasteiger partial charge in [-0.25, -0.2) is 14.8 Å². The predicted molar refractivity (Wildman–Crippen MR) is 107 cm³/mol. The van der Waals surface area contributed by atoms with Crippen molar-refractivity contribution in [2.24, 2.45) is 0 Å². The lowest BCUT2D eigenvalue weighted by Gasteiger charge is -2.24. The van der Waals surface area contributed by atoms with Gasteiger partial charge in [0.25, 0.3) is 0 Å². The molecule has 0 spiro atoms. The fourth-order valence-electron chi connectivity index (χ4n) is 3.55. The number of aromatic nitrogens is 2. The van der Waals surface area contributed by atoms with Gasteiger partial charge in [0.15, 0.2) is 11.6 Å². The van der Waals surface area contributed by atoms with Crippen LogP contribution in [0.2, 0.25) is 0 Å². The first-order valence-electron chi connectivity index (χ1n) is 9.40. The van der Waals surface area contributed by atoms with E-state index in [9.17, 15) is 4.79 Å². The molecule has 1 fully saturated rings. The highest BCUT2D eigenvalue weighted by molar-refractivity contribution is 5.97. The van der Waals surface area contributed by atoms with Crippen molar-refractivity contribution in [3.63, 3.8) is 0 Å². The summed E-state index contributed by atoms with van der Waals surface area (Å²) in [4.78, 5) is 22.6. The molecule has 3 N–H and O–H groups in total. The summed E-state index contributed by atoms with van der Waals surface area (Å²) in [6.07, 6.45) is 8.77. The van der Waals surface area contributed by atoms with Crippen LogP contribution in [-0.2, 0) is 4.74 Å². The second-order valence-electron chi connectivity index (χ2n) is 6.86. The van der Waals surface area contributed by atoms with Crippen LogP contribution in [-0.4, -0.2) is 36.1 Å². The van der Waals surface area contributed by atoms with Crippen LogP contribution in [0.1, 0.15) is 48.9 Å². The molecule has 7 nitrogen and oxygen atoms in total. The van der Waals surface area contributed by atoms with Crippen molar-refractivity contribution in [1.29, 1.82) is 0 Å². The Morgan fingerprint density at radius 2 is 1.89 bits per heavy atom. The number of hydrogen-bond acceptors (Lipinski definition) is 7. The van der Waals surface area contributed by atoms with Crippen LogP contribution in [0.3, 0.4) is 0 Å². The van der Waals surface area contributed by atoms with Gasteiger partial charge in [0.05, 0.1) is 18.4 Å². The molecule has 0 saturated heterocycles. The minimum atomic E-state index is -0.401. The molecule has 0 aliphatic heterocycles. The molecular formula is C20H27N5O2. The number of hydrogen-bond donors (Lipinski definition) is 2. The lowest BCUT2D eigenvalue weighted by molar-refractivity contribution is 0.0601. The third kappa shape index (κ3) is 4.30. The number of ether oxygens (including phenoxy) is 1. The number of rotatable bonds is 5. The summed E-state index contributed by atoms with van der Waals surface area (Å²) >= 11 is 0. The first-order chi connectivity index (χ1) is 13.1. The number of carbonyl (C=O) groups is 1. The molecule has 1 aliphatic rings. The number of nitrogens with zero attached hydrogens (tertiary/aromatic N) is 3. The van der Waals surface area contributed by atoms with Gasteiger partial charge < -0.3 is 20.7 Å². The van der Waals surface area contributed by atoms with E-state index in [1.165, 1.54) is 39.1 Å². The Bertz CT molecular complexity index is 788. The molecule has 1 aliphatic carbocycles. The molecule has 0 atom stereocenters. The highest BCUT2D eigenvalue weighted by atomic mass is 16.5. The Balaban J connectivity index is 1.88. The molecule has 1 aromatic heterocycles. The van der Waals surface area contributed by atoms with Gasteiger partial charge in [-0.2, -0.15) is 0 Å².